The molecule has 2 unspecified atom stereocenters. The van der Waals surface area contributed by atoms with Gasteiger partial charge < -0.3 is 10.6 Å². The first kappa shape index (κ1) is 14.7. The molecule has 6 heteroatoms. The van der Waals surface area contributed by atoms with Gasteiger partial charge >= 0.3 is 6.18 Å². The summed E-state index contributed by atoms with van der Waals surface area (Å²) >= 11 is 0. The average molecular weight is 286 g/mol. The lowest BCUT2D eigenvalue weighted by atomic mass is 10.0. The number of benzene rings is 1. The van der Waals surface area contributed by atoms with Crippen LogP contribution in [0.15, 0.2) is 18.2 Å². The fourth-order valence-corrected chi connectivity index (χ4v) is 2.41. The number of nitrogens with two attached hydrogens (primary N) is 1. The van der Waals surface area contributed by atoms with Gasteiger partial charge in [0, 0.05) is 24.3 Å². The maximum Gasteiger partial charge on any atom is 0.418 e. The summed E-state index contributed by atoms with van der Waals surface area (Å²) in [5, 5.41) is 0. The minimum absolute atomic E-state index is 0.0350. The standard InChI is InChI=1S/C14H17F3N2O/c1-8-6-19(7-9(8)2)13(20)10-3-4-12(18)11(5-10)14(15,16)17/h3-5,8-9H,6-7,18H2,1-2H3. The van der Waals surface area contributed by atoms with E-state index in [1.54, 1.807) is 4.90 Å². The van der Waals surface area contributed by atoms with Crippen molar-refractivity contribution in [1.82, 2.24) is 4.90 Å². The minimum Gasteiger partial charge on any atom is -0.398 e. The second-order valence-electron chi connectivity index (χ2n) is 5.46. The van der Waals surface area contributed by atoms with E-state index in [-0.39, 0.29) is 17.2 Å². The monoisotopic (exact) mass is 286 g/mol. The van der Waals surface area contributed by atoms with Crippen molar-refractivity contribution in [3.63, 3.8) is 0 Å². The molecular weight excluding hydrogens is 269 g/mol. The van der Waals surface area contributed by atoms with Crippen LogP contribution < -0.4 is 5.73 Å². The third kappa shape index (κ3) is 2.73. The van der Waals surface area contributed by atoms with Crippen molar-refractivity contribution < 1.29 is 18.0 Å². The number of rotatable bonds is 1. The van der Waals surface area contributed by atoms with E-state index in [0.717, 1.165) is 12.1 Å². The highest BCUT2D eigenvalue weighted by Crippen LogP contribution is 2.34. The molecule has 1 aliphatic heterocycles. The summed E-state index contributed by atoms with van der Waals surface area (Å²) in [4.78, 5) is 13.8. The van der Waals surface area contributed by atoms with E-state index in [9.17, 15) is 18.0 Å². The molecule has 3 nitrogen and oxygen atoms in total. The van der Waals surface area contributed by atoms with Gasteiger partial charge in [0.05, 0.1) is 5.56 Å². The van der Waals surface area contributed by atoms with Crippen molar-refractivity contribution in [3.8, 4) is 0 Å². The van der Waals surface area contributed by atoms with Crippen molar-refractivity contribution in [3.05, 3.63) is 29.3 Å². The number of hydrogen-bond donors (Lipinski definition) is 1. The van der Waals surface area contributed by atoms with Gasteiger partial charge in [0.25, 0.3) is 5.91 Å². The van der Waals surface area contributed by atoms with Crippen molar-refractivity contribution in [2.24, 2.45) is 11.8 Å². The Hall–Kier alpha value is -1.72. The van der Waals surface area contributed by atoms with Gasteiger partial charge in [-0.3, -0.25) is 4.79 Å². The molecule has 1 aliphatic rings. The van der Waals surface area contributed by atoms with E-state index in [2.05, 4.69) is 0 Å². The molecule has 2 atom stereocenters. The van der Waals surface area contributed by atoms with Crippen LogP contribution in [0.25, 0.3) is 0 Å². The van der Waals surface area contributed by atoms with Crippen LogP contribution in [-0.4, -0.2) is 23.9 Å². The molecule has 1 heterocycles. The first-order valence-corrected chi connectivity index (χ1v) is 6.46. The number of carbonyl (C=O) groups is 1. The summed E-state index contributed by atoms with van der Waals surface area (Å²) in [6, 6.07) is 3.32. The van der Waals surface area contributed by atoms with Gasteiger partial charge in [0.2, 0.25) is 0 Å². The van der Waals surface area contributed by atoms with Crippen LogP contribution in [0.1, 0.15) is 29.8 Å². The Kier molecular flexibility index (Phi) is 3.67. The van der Waals surface area contributed by atoms with Crippen LogP contribution in [0.5, 0.6) is 0 Å². The summed E-state index contributed by atoms with van der Waals surface area (Å²) in [5.41, 5.74) is 4.04. The van der Waals surface area contributed by atoms with Crippen molar-refractivity contribution in [2.45, 2.75) is 20.0 Å². The zero-order valence-electron chi connectivity index (χ0n) is 11.4. The van der Waals surface area contributed by atoms with E-state index >= 15 is 0 Å². The molecule has 0 radical (unpaired) electrons. The van der Waals surface area contributed by atoms with Crippen molar-refractivity contribution in [1.29, 1.82) is 0 Å². The van der Waals surface area contributed by atoms with Crippen molar-refractivity contribution in [2.75, 3.05) is 18.8 Å². The maximum atomic E-state index is 12.8. The van der Waals surface area contributed by atoms with Gasteiger partial charge in [0.1, 0.15) is 0 Å². The number of likely N-dealkylation sites (tertiary alicyclic amines) is 1. The zero-order valence-corrected chi connectivity index (χ0v) is 11.4. The van der Waals surface area contributed by atoms with Gasteiger partial charge in [-0.2, -0.15) is 13.2 Å². The summed E-state index contributed by atoms with van der Waals surface area (Å²) < 4.78 is 38.4. The molecule has 0 aliphatic carbocycles. The van der Waals surface area contributed by atoms with E-state index in [0.29, 0.717) is 24.9 Å². The lowest BCUT2D eigenvalue weighted by Crippen LogP contribution is -2.29. The molecular formula is C14H17F3N2O. The summed E-state index contributed by atoms with van der Waals surface area (Å²) in [6.07, 6.45) is -4.55. The topological polar surface area (TPSA) is 46.3 Å². The SMILES string of the molecule is CC1CN(C(=O)c2ccc(N)c(C(F)(F)F)c2)CC1C. The van der Waals surface area contributed by atoms with Crippen LogP contribution in [0.3, 0.4) is 0 Å². The fraction of sp³-hybridized carbons (Fsp3) is 0.500. The molecule has 20 heavy (non-hydrogen) atoms. The van der Waals surface area contributed by atoms with E-state index < -0.39 is 11.7 Å². The van der Waals surface area contributed by atoms with Crippen LogP contribution in [0.4, 0.5) is 18.9 Å². The number of nitrogen functional groups attached to an aromatic ring is 1. The number of amides is 1. The van der Waals surface area contributed by atoms with Gasteiger partial charge in [-0.15, -0.1) is 0 Å². The molecule has 2 rings (SSSR count). The quantitative estimate of drug-likeness (QED) is 0.807. The Labute approximate surface area is 115 Å². The maximum absolute atomic E-state index is 12.8. The number of nitrogens with zero attached hydrogens (tertiary/aromatic N) is 1. The van der Waals surface area contributed by atoms with Crippen molar-refractivity contribution >= 4 is 11.6 Å². The first-order valence-electron chi connectivity index (χ1n) is 6.46. The third-order valence-corrected chi connectivity index (χ3v) is 3.88. The predicted molar refractivity (Wildman–Crippen MR) is 70.1 cm³/mol. The normalized spacial score (nSPS) is 23.1. The Bertz CT molecular complexity index is 518. The molecule has 1 fully saturated rings. The number of hydrogen-bond acceptors (Lipinski definition) is 2. The Morgan fingerprint density at radius 2 is 1.80 bits per heavy atom. The Morgan fingerprint density at radius 3 is 2.30 bits per heavy atom. The number of halogens is 3. The highest BCUT2D eigenvalue weighted by atomic mass is 19.4. The van der Waals surface area contributed by atoms with E-state index in [1.165, 1.54) is 6.07 Å². The Morgan fingerprint density at radius 1 is 1.25 bits per heavy atom. The smallest absolute Gasteiger partial charge is 0.398 e. The largest absolute Gasteiger partial charge is 0.418 e. The van der Waals surface area contributed by atoms with Gasteiger partial charge in [-0.1, -0.05) is 13.8 Å². The second-order valence-corrected chi connectivity index (χ2v) is 5.46. The van der Waals surface area contributed by atoms with Crippen LogP contribution >= 0.6 is 0 Å². The first-order chi connectivity index (χ1) is 9.20. The van der Waals surface area contributed by atoms with E-state index in [1.807, 2.05) is 13.8 Å². The molecule has 1 aromatic carbocycles. The molecule has 1 aromatic rings. The summed E-state index contributed by atoms with van der Waals surface area (Å²) in [6.45, 7) is 5.21. The number of anilines is 1. The molecule has 0 saturated carbocycles. The third-order valence-electron chi connectivity index (χ3n) is 3.88. The molecule has 1 amide bonds. The van der Waals surface area contributed by atoms with Crippen LogP contribution in [-0.2, 0) is 6.18 Å². The highest BCUT2D eigenvalue weighted by molar-refractivity contribution is 5.95. The average Bonchev–Trinajstić information content (AvgIpc) is 2.68. The second kappa shape index (κ2) is 5.00. The summed E-state index contributed by atoms with van der Waals surface area (Å²) in [5.74, 6) is 0.344. The lowest BCUT2D eigenvalue weighted by Gasteiger charge is -2.17. The molecule has 0 spiro atoms. The molecule has 0 bridgehead atoms. The van der Waals surface area contributed by atoms with Crippen LogP contribution in [0.2, 0.25) is 0 Å². The van der Waals surface area contributed by atoms with Gasteiger partial charge in [-0.05, 0) is 30.0 Å². The molecule has 2 N–H and O–H groups in total. The van der Waals surface area contributed by atoms with Gasteiger partial charge in [-0.25, -0.2) is 0 Å². The molecule has 0 aromatic heterocycles. The number of alkyl halides is 3. The lowest BCUT2D eigenvalue weighted by molar-refractivity contribution is -0.136. The number of carbonyl (C=O) groups excluding carboxylic acids is 1. The minimum atomic E-state index is -4.55. The molecule has 110 valence electrons. The Balaban J connectivity index is 2.28. The highest BCUT2D eigenvalue weighted by Gasteiger charge is 2.35. The summed E-state index contributed by atoms with van der Waals surface area (Å²) in [7, 11) is 0. The zero-order chi connectivity index (χ0) is 15.1. The predicted octanol–water partition coefficient (Wildman–Crippen LogP) is 3.02. The van der Waals surface area contributed by atoms with Crippen LogP contribution in [0, 0.1) is 11.8 Å². The van der Waals surface area contributed by atoms with E-state index in [4.69, 9.17) is 5.73 Å². The van der Waals surface area contributed by atoms with Gasteiger partial charge in [0.15, 0.2) is 0 Å². The molecule has 1 saturated heterocycles. The fourth-order valence-electron chi connectivity index (χ4n) is 2.41.